The standard InChI is InChI=1S/C14H18N2O3S/c1-4-9-20(17,18)16-13-7-5-12(6-8-13)14-10(2)19-11(3)15-14/h5-8,16H,4,9H2,1-3H3. The van der Waals surface area contributed by atoms with E-state index in [1.54, 1.807) is 19.1 Å². The van der Waals surface area contributed by atoms with E-state index in [1.807, 2.05) is 26.0 Å². The number of anilines is 1. The van der Waals surface area contributed by atoms with E-state index in [2.05, 4.69) is 9.71 Å². The normalized spacial score (nSPS) is 11.6. The highest BCUT2D eigenvalue weighted by Gasteiger charge is 2.11. The van der Waals surface area contributed by atoms with Crippen molar-refractivity contribution >= 4 is 15.7 Å². The van der Waals surface area contributed by atoms with E-state index in [1.165, 1.54) is 0 Å². The fourth-order valence-electron chi connectivity index (χ4n) is 1.99. The van der Waals surface area contributed by atoms with Crippen LogP contribution in [0.1, 0.15) is 25.0 Å². The minimum absolute atomic E-state index is 0.121. The molecule has 0 aliphatic rings. The molecule has 20 heavy (non-hydrogen) atoms. The maximum absolute atomic E-state index is 11.7. The van der Waals surface area contributed by atoms with Gasteiger partial charge in [0, 0.05) is 18.2 Å². The predicted octanol–water partition coefficient (Wildman–Crippen LogP) is 3.11. The van der Waals surface area contributed by atoms with Gasteiger partial charge in [0.1, 0.15) is 11.5 Å². The molecule has 0 fully saturated rings. The Bertz CT molecular complexity index is 688. The third-order valence-electron chi connectivity index (χ3n) is 2.81. The zero-order chi connectivity index (χ0) is 14.8. The molecule has 1 aromatic heterocycles. The summed E-state index contributed by atoms with van der Waals surface area (Å²) in [6, 6.07) is 7.11. The number of benzene rings is 1. The lowest BCUT2D eigenvalue weighted by atomic mass is 10.1. The van der Waals surface area contributed by atoms with Crippen LogP contribution in [0.4, 0.5) is 5.69 Å². The maximum atomic E-state index is 11.7. The molecule has 5 nitrogen and oxygen atoms in total. The Kier molecular flexibility index (Phi) is 4.13. The molecule has 2 aromatic rings. The Morgan fingerprint density at radius 2 is 1.85 bits per heavy atom. The van der Waals surface area contributed by atoms with E-state index in [4.69, 9.17) is 4.42 Å². The first-order valence-corrected chi connectivity index (χ1v) is 8.11. The Hall–Kier alpha value is -1.82. The number of hydrogen-bond acceptors (Lipinski definition) is 4. The highest BCUT2D eigenvalue weighted by atomic mass is 32.2. The zero-order valence-corrected chi connectivity index (χ0v) is 12.6. The first kappa shape index (κ1) is 14.6. The molecule has 1 heterocycles. The van der Waals surface area contributed by atoms with Crippen LogP contribution in [-0.4, -0.2) is 19.2 Å². The second kappa shape index (κ2) is 5.66. The number of nitrogens with zero attached hydrogens (tertiary/aromatic N) is 1. The van der Waals surface area contributed by atoms with Crippen molar-refractivity contribution in [2.75, 3.05) is 10.5 Å². The molecule has 0 radical (unpaired) electrons. The molecule has 0 atom stereocenters. The molecule has 2 rings (SSSR count). The van der Waals surface area contributed by atoms with Gasteiger partial charge >= 0.3 is 0 Å². The minimum atomic E-state index is -3.25. The minimum Gasteiger partial charge on any atom is -0.446 e. The lowest BCUT2D eigenvalue weighted by Crippen LogP contribution is -2.15. The SMILES string of the molecule is CCCS(=O)(=O)Nc1ccc(-c2nc(C)oc2C)cc1. The van der Waals surface area contributed by atoms with Gasteiger partial charge in [-0.2, -0.15) is 0 Å². The van der Waals surface area contributed by atoms with Gasteiger partial charge in [-0.1, -0.05) is 19.1 Å². The largest absolute Gasteiger partial charge is 0.446 e. The van der Waals surface area contributed by atoms with E-state index in [0.29, 0.717) is 18.0 Å². The van der Waals surface area contributed by atoms with Crippen molar-refractivity contribution in [1.29, 1.82) is 0 Å². The Labute approximate surface area is 119 Å². The topological polar surface area (TPSA) is 72.2 Å². The highest BCUT2D eigenvalue weighted by molar-refractivity contribution is 7.92. The van der Waals surface area contributed by atoms with Crippen LogP contribution in [0.25, 0.3) is 11.3 Å². The molecular weight excluding hydrogens is 276 g/mol. The van der Waals surface area contributed by atoms with Crippen LogP contribution in [0.3, 0.4) is 0 Å². The molecular formula is C14H18N2O3S. The van der Waals surface area contributed by atoms with Gasteiger partial charge in [0.05, 0.1) is 5.75 Å². The van der Waals surface area contributed by atoms with Crippen LogP contribution < -0.4 is 4.72 Å². The lowest BCUT2D eigenvalue weighted by Gasteiger charge is -2.07. The Morgan fingerprint density at radius 1 is 1.20 bits per heavy atom. The van der Waals surface area contributed by atoms with Crippen LogP contribution >= 0.6 is 0 Å². The average Bonchev–Trinajstić information content (AvgIpc) is 2.69. The third kappa shape index (κ3) is 3.39. The van der Waals surface area contributed by atoms with Crippen LogP contribution in [0.15, 0.2) is 28.7 Å². The molecule has 0 saturated heterocycles. The van der Waals surface area contributed by atoms with Gasteiger partial charge in [0.2, 0.25) is 10.0 Å². The van der Waals surface area contributed by atoms with Gasteiger partial charge in [-0.25, -0.2) is 13.4 Å². The summed E-state index contributed by atoms with van der Waals surface area (Å²) in [7, 11) is -3.25. The summed E-state index contributed by atoms with van der Waals surface area (Å²) in [5.74, 6) is 1.49. The fraction of sp³-hybridized carbons (Fsp3) is 0.357. The van der Waals surface area contributed by atoms with Crippen LogP contribution in [0.5, 0.6) is 0 Å². The first-order chi connectivity index (χ1) is 9.41. The summed E-state index contributed by atoms with van der Waals surface area (Å²) in [6.07, 6.45) is 0.588. The molecule has 108 valence electrons. The maximum Gasteiger partial charge on any atom is 0.232 e. The fourth-order valence-corrected chi connectivity index (χ4v) is 3.13. The van der Waals surface area contributed by atoms with E-state index in [-0.39, 0.29) is 5.75 Å². The van der Waals surface area contributed by atoms with Crippen molar-refractivity contribution in [3.05, 3.63) is 35.9 Å². The molecule has 0 unspecified atom stereocenters. The summed E-state index contributed by atoms with van der Waals surface area (Å²) < 4.78 is 31.3. The van der Waals surface area contributed by atoms with Crippen LogP contribution in [0, 0.1) is 13.8 Å². The van der Waals surface area contributed by atoms with Crippen molar-refractivity contribution in [2.45, 2.75) is 27.2 Å². The van der Waals surface area contributed by atoms with Crippen molar-refractivity contribution in [3.8, 4) is 11.3 Å². The van der Waals surface area contributed by atoms with E-state index >= 15 is 0 Å². The molecule has 0 spiro atoms. The predicted molar refractivity (Wildman–Crippen MR) is 79.1 cm³/mol. The summed E-state index contributed by atoms with van der Waals surface area (Å²) in [6.45, 7) is 5.48. The van der Waals surface area contributed by atoms with Gasteiger partial charge in [-0.05, 0) is 25.5 Å². The van der Waals surface area contributed by atoms with Crippen molar-refractivity contribution in [3.63, 3.8) is 0 Å². The average molecular weight is 294 g/mol. The van der Waals surface area contributed by atoms with Crippen LogP contribution in [-0.2, 0) is 10.0 Å². The Balaban J connectivity index is 2.21. The van der Waals surface area contributed by atoms with Crippen LogP contribution in [0.2, 0.25) is 0 Å². The van der Waals surface area contributed by atoms with E-state index < -0.39 is 10.0 Å². The summed E-state index contributed by atoms with van der Waals surface area (Å²) in [5, 5.41) is 0. The molecule has 0 aliphatic heterocycles. The quantitative estimate of drug-likeness (QED) is 0.919. The van der Waals surface area contributed by atoms with Crippen molar-refractivity contribution < 1.29 is 12.8 Å². The number of aromatic nitrogens is 1. The highest BCUT2D eigenvalue weighted by Crippen LogP contribution is 2.24. The number of rotatable bonds is 5. The molecule has 0 saturated carbocycles. The van der Waals surface area contributed by atoms with E-state index in [9.17, 15) is 8.42 Å². The van der Waals surface area contributed by atoms with Gasteiger partial charge in [-0.3, -0.25) is 4.72 Å². The molecule has 1 aromatic carbocycles. The lowest BCUT2D eigenvalue weighted by molar-refractivity contribution is 0.495. The van der Waals surface area contributed by atoms with E-state index in [0.717, 1.165) is 17.0 Å². The number of sulfonamides is 1. The monoisotopic (exact) mass is 294 g/mol. The number of oxazole rings is 1. The second-order valence-electron chi connectivity index (χ2n) is 4.64. The number of hydrogen-bond donors (Lipinski definition) is 1. The van der Waals surface area contributed by atoms with Crippen molar-refractivity contribution in [2.24, 2.45) is 0 Å². The Morgan fingerprint density at radius 3 is 2.35 bits per heavy atom. The summed E-state index contributed by atoms with van der Waals surface area (Å²) in [4.78, 5) is 4.31. The van der Waals surface area contributed by atoms with Gasteiger partial charge < -0.3 is 4.42 Å². The van der Waals surface area contributed by atoms with Gasteiger partial charge in [0.25, 0.3) is 0 Å². The van der Waals surface area contributed by atoms with Gasteiger partial charge in [0.15, 0.2) is 5.89 Å². The first-order valence-electron chi connectivity index (χ1n) is 6.46. The molecule has 0 amide bonds. The summed E-state index contributed by atoms with van der Waals surface area (Å²) in [5.41, 5.74) is 2.24. The summed E-state index contributed by atoms with van der Waals surface area (Å²) >= 11 is 0. The second-order valence-corrected chi connectivity index (χ2v) is 6.48. The number of aryl methyl sites for hydroxylation is 2. The van der Waals surface area contributed by atoms with Gasteiger partial charge in [-0.15, -0.1) is 0 Å². The molecule has 0 aliphatic carbocycles. The smallest absolute Gasteiger partial charge is 0.232 e. The molecule has 0 bridgehead atoms. The number of nitrogens with one attached hydrogen (secondary N) is 1. The van der Waals surface area contributed by atoms with Crippen molar-refractivity contribution in [1.82, 2.24) is 4.98 Å². The third-order valence-corrected chi connectivity index (χ3v) is 4.30. The molecule has 6 heteroatoms. The zero-order valence-electron chi connectivity index (χ0n) is 11.8. The molecule has 1 N–H and O–H groups in total.